The van der Waals surface area contributed by atoms with E-state index >= 15 is 0 Å². The molecule has 1 aliphatic rings. The smallest absolute Gasteiger partial charge is 0.0166 e. The quantitative estimate of drug-likeness (QED) is 0.416. The van der Waals surface area contributed by atoms with E-state index in [9.17, 15) is 0 Å². The van der Waals surface area contributed by atoms with Crippen LogP contribution >= 0.6 is 0 Å². The molecule has 42 valence electrons. The first-order valence-corrected chi connectivity index (χ1v) is 2.97. The molecule has 1 aliphatic carbocycles. The van der Waals surface area contributed by atoms with Gasteiger partial charge < -0.3 is 0 Å². The van der Waals surface area contributed by atoms with Gasteiger partial charge in [-0.05, 0) is 12.8 Å². The fourth-order valence-corrected chi connectivity index (χ4v) is 0.664. The number of allylic oxidation sites excluding steroid dienone is 6. The van der Waals surface area contributed by atoms with E-state index in [0.29, 0.717) is 0 Å². The number of hydrogen-bond acceptors (Lipinski definition) is 0. The SMILES string of the molecule is C1=C\C/C=C/C\C=C/1. The van der Waals surface area contributed by atoms with Gasteiger partial charge in [0, 0.05) is 0 Å². The first-order valence-electron chi connectivity index (χ1n) is 2.97. The largest absolute Gasteiger partial charge is 0.0844 e. The lowest BCUT2D eigenvalue weighted by Crippen LogP contribution is -1.64. The van der Waals surface area contributed by atoms with E-state index in [1.165, 1.54) is 0 Å². The molecule has 0 fully saturated rings. The van der Waals surface area contributed by atoms with Gasteiger partial charge in [-0.2, -0.15) is 0 Å². The third-order valence-electron chi connectivity index (χ3n) is 1.09. The van der Waals surface area contributed by atoms with E-state index in [0.717, 1.165) is 12.8 Å². The Morgan fingerprint density at radius 1 is 0.625 bits per heavy atom. The zero-order chi connectivity index (χ0) is 5.66. The summed E-state index contributed by atoms with van der Waals surface area (Å²) in [5.41, 5.74) is 0. The van der Waals surface area contributed by atoms with E-state index in [1.54, 1.807) is 0 Å². The van der Waals surface area contributed by atoms with Crippen LogP contribution in [-0.2, 0) is 0 Å². The molecule has 1 rings (SSSR count). The van der Waals surface area contributed by atoms with Crippen molar-refractivity contribution in [2.45, 2.75) is 12.8 Å². The van der Waals surface area contributed by atoms with Crippen LogP contribution in [0.1, 0.15) is 12.8 Å². The Balaban J connectivity index is 2.51. The maximum atomic E-state index is 2.18. The molecule has 0 aromatic rings. The van der Waals surface area contributed by atoms with Crippen molar-refractivity contribution in [2.75, 3.05) is 0 Å². The third-order valence-corrected chi connectivity index (χ3v) is 1.09. The van der Waals surface area contributed by atoms with Gasteiger partial charge in [-0.15, -0.1) is 0 Å². The molecule has 0 aromatic carbocycles. The summed E-state index contributed by atoms with van der Waals surface area (Å²) in [6, 6.07) is 0. The van der Waals surface area contributed by atoms with Crippen LogP contribution in [0.5, 0.6) is 0 Å². The summed E-state index contributed by atoms with van der Waals surface area (Å²) >= 11 is 0. The molecular formula is C8H10. The van der Waals surface area contributed by atoms with Gasteiger partial charge in [0.2, 0.25) is 0 Å². The highest BCUT2D eigenvalue weighted by Gasteiger charge is 1.74. The van der Waals surface area contributed by atoms with Crippen molar-refractivity contribution in [1.82, 2.24) is 0 Å². The van der Waals surface area contributed by atoms with Crippen molar-refractivity contribution in [3.05, 3.63) is 36.5 Å². The molecule has 0 amide bonds. The molecule has 8 heavy (non-hydrogen) atoms. The van der Waals surface area contributed by atoms with Crippen LogP contribution in [0.15, 0.2) is 36.5 Å². The molecule has 0 saturated carbocycles. The second kappa shape index (κ2) is 3.25. The van der Waals surface area contributed by atoms with Crippen molar-refractivity contribution in [1.29, 1.82) is 0 Å². The summed E-state index contributed by atoms with van der Waals surface area (Å²) in [6.07, 6.45) is 15.0. The molecular weight excluding hydrogens is 96.1 g/mol. The van der Waals surface area contributed by atoms with E-state index in [4.69, 9.17) is 0 Å². The van der Waals surface area contributed by atoms with Gasteiger partial charge in [0.25, 0.3) is 0 Å². The topological polar surface area (TPSA) is 0 Å². The first kappa shape index (κ1) is 5.36. The van der Waals surface area contributed by atoms with Crippen LogP contribution in [0, 0.1) is 0 Å². The minimum absolute atomic E-state index is 1.09. The van der Waals surface area contributed by atoms with E-state index < -0.39 is 0 Å². The highest BCUT2D eigenvalue weighted by atomic mass is 13.8. The molecule has 0 saturated heterocycles. The fraction of sp³-hybridized carbons (Fsp3) is 0.250. The zero-order valence-corrected chi connectivity index (χ0v) is 4.88. The maximum absolute atomic E-state index is 2.18. The van der Waals surface area contributed by atoms with Gasteiger partial charge in [-0.1, -0.05) is 36.5 Å². The fourth-order valence-electron chi connectivity index (χ4n) is 0.664. The molecule has 0 aromatic heterocycles. The highest BCUT2D eigenvalue weighted by Crippen LogP contribution is 1.95. The third kappa shape index (κ3) is 1.78. The summed E-state index contributed by atoms with van der Waals surface area (Å²) in [5, 5.41) is 0. The van der Waals surface area contributed by atoms with E-state index in [2.05, 4.69) is 36.5 Å². The summed E-state index contributed by atoms with van der Waals surface area (Å²) in [6.45, 7) is 0. The predicted octanol–water partition coefficient (Wildman–Crippen LogP) is 2.45. The predicted molar refractivity (Wildman–Crippen MR) is 36.7 cm³/mol. The normalized spacial score (nSPS) is 30.0. The molecule has 0 atom stereocenters. The van der Waals surface area contributed by atoms with E-state index in [1.807, 2.05) is 0 Å². The highest BCUT2D eigenvalue weighted by molar-refractivity contribution is 5.09. The van der Waals surface area contributed by atoms with Crippen molar-refractivity contribution in [3.63, 3.8) is 0 Å². The number of hydrogen-bond donors (Lipinski definition) is 0. The molecule has 0 unspecified atom stereocenters. The first-order chi connectivity index (χ1) is 4.00. The lowest BCUT2D eigenvalue weighted by molar-refractivity contribution is 1.29. The Labute approximate surface area is 50.2 Å². The Bertz CT molecular complexity index is 111. The van der Waals surface area contributed by atoms with Gasteiger partial charge in [0.15, 0.2) is 0 Å². The Kier molecular flexibility index (Phi) is 2.18. The van der Waals surface area contributed by atoms with Crippen LogP contribution < -0.4 is 0 Å². The summed E-state index contributed by atoms with van der Waals surface area (Å²) < 4.78 is 0. The molecule has 0 aliphatic heterocycles. The monoisotopic (exact) mass is 106 g/mol. The zero-order valence-electron chi connectivity index (χ0n) is 4.88. The Morgan fingerprint density at radius 3 is 1.62 bits per heavy atom. The number of rotatable bonds is 0. The summed E-state index contributed by atoms with van der Waals surface area (Å²) in [5.74, 6) is 0. The molecule has 0 nitrogen and oxygen atoms in total. The second-order valence-electron chi connectivity index (χ2n) is 1.80. The minimum atomic E-state index is 1.09. The molecule has 0 N–H and O–H groups in total. The lowest BCUT2D eigenvalue weighted by atomic mass is 10.2. The van der Waals surface area contributed by atoms with Crippen molar-refractivity contribution >= 4 is 0 Å². The average Bonchev–Trinajstić information content (AvgIpc) is 1.62. The molecule has 0 radical (unpaired) electrons. The molecule has 0 heterocycles. The van der Waals surface area contributed by atoms with Crippen LogP contribution in [0.3, 0.4) is 0 Å². The Morgan fingerprint density at radius 2 is 1.12 bits per heavy atom. The van der Waals surface area contributed by atoms with Gasteiger partial charge in [0.1, 0.15) is 0 Å². The van der Waals surface area contributed by atoms with Gasteiger partial charge >= 0.3 is 0 Å². The Hall–Kier alpha value is -0.780. The van der Waals surface area contributed by atoms with Gasteiger partial charge in [-0.3, -0.25) is 0 Å². The van der Waals surface area contributed by atoms with Crippen LogP contribution in [0.4, 0.5) is 0 Å². The minimum Gasteiger partial charge on any atom is -0.0844 e. The van der Waals surface area contributed by atoms with Crippen LogP contribution in [-0.4, -0.2) is 0 Å². The molecule has 0 bridgehead atoms. The van der Waals surface area contributed by atoms with Crippen molar-refractivity contribution in [3.8, 4) is 0 Å². The summed E-state index contributed by atoms with van der Waals surface area (Å²) in [4.78, 5) is 0. The van der Waals surface area contributed by atoms with E-state index in [-0.39, 0.29) is 0 Å². The molecule has 0 heteroatoms. The second-order valence-corrected chi connectivity index (χ2v) is 1.80. The summed E-state index contributed by atoms with van der Waals surface area (Å²) in [7, 11) is 0. The van der Waals surface area contributed by atoms with Crippen LogP contribution in [0.25, 0.3) is 0 Å². The van der Waals surface area contributed by atoms with Crippen molar-refractivity contribution in [2.24, 2.45) is 0 Å². The average molecular weight is 106 g/mol. The van der Waals surface area contributed by atoms with Crippen molar-refractivity contribution < 1.29 is 0 Å². The maximum Gasteiger partial charge on any atom is -0.0166 e. The molecule has 0 spiro atoms. The van der Waals surface area contributed by atoms with Gasteiger partial charge in [-0.25, -0.2) is 0 Å². The lowest BCUT2D eigenvalue weighted by Gasteiger charge is -1.85. The van der Waals surface area contributed by atoms with Gasteiger partial charge in [0.05, 0.1) is 0 Å². The van der Waals surface area contributed by atoms with Crippen LogP contribution in [0.2, 0.25) is 0 Å². The standard InChI is InChI=1S/C8H10/c1-2-4-6-8-7-5-3-1/h1-4,7-8H,5-6H2/b3-1-,4-2-,8-7+.